The number of nitrogens with zero attached hydrogens (tertiary/aromatic N) is 2. The van der Waals surface area contributed by atoms with E-state index in [1.807, 2.05) is 26.0 Å². The number of anilines is 1. The molecule has 0 saturated carbocycles. The van der Waals surface area contributed by atoms with Crippen molar-refractivity contribution in [3.63, 3.8) is 0 Å². The summed E-state index contributed by atoms with van der Waals surface area (Å²) in [6, 6.07) is 6.03. The third kappa shape index (κ3) is 2.94. The van der Waals surface area contributed by atoms with Crippen LogP contribution in [0, 0.1) is 13.8 Å². The molecule has 4 nitrogen and oxygen atoms in total. The highest BCUT2D eigenvalue weighted by molar-refractivity contribution is 6.04. The number of fused-ring (bicyclic) bond motifs is 1. The van der Waals surface area contributed by atoms with Gasteiger partial charge >= 0.3 is 0 Å². The van der Waals surface area contributed by atoms with Gasteiger partial charge in [-0.3, -0.25) is 4.79 Å². The Kier molecular flexibility index (Phi) is 3.69. The Morgan fingerprint density at radius 3 is 2.52 bits per heavy atom. The van der Waals surface area contributed by atoms with Crippen LogP contribution >= 0.6 is 0 Å². The Bertz CT molecular complexity index is 674. The summed E-state index contributed by atoms with van der Waals surface area (Å²) in [5.74, 6) is -0.138. The van der Waals surface area contributed by atoms with Crippen molar-refractivity contribution in [1.29, 1.82) is 0 Å². The number of carbonyl (C=O) groups is 1. The quantitative estimate of drug-likeness (QED) is 0.919. The second kappa shape index (κ2) is 5.64. The lowest BCUT2D eigenvalue weighted by molar-refractivity contribution is 0.102. The fraction of sp³-hybridized carbons (Fsp3) is 0.353. The van der Waals surface area contributed by atoms with Gasteiger partial charge in [0.1, 0.15) is 12.0 Å². The zero-order valence-corrected chi connectivity index (χ0v) is 12.4. The zero-order valence-electron chi connectivity index (χ0n) is 12.4. The molecule has 108 valence electrons. The van der Waals surface area contributed by atoms with Crippen LogP contribution in [-0.2, 0) is 12.8 Å². The summed E-state index contributed by atoms with van der Waals surface area (Å²) in [4.78, 5) is 21.0. The van der Waals surface area contributed by atoms with Gasteiger partial charge in [0, 0.05) is 16.9 Å². The van der Waals surface area contributed by atoms with Crippen LogP contribution in [0.1, 0.15) is 45.7 Å². The fourth-order valence-electron chi connectivity index (χ4n) is 2.95. The first-order valence-corrected chi connectivity index (χ1v) is 7.36. The molecule has 1 aromatic carbocycles. The summed E-state index contributed by atoms with van der Waals surface area (Å²) in [5, 5.41) is 2.96. The molecule has 3 rings (SSSR count). The van der Waals surface area contributed by atoms with Gasteiger partial charge in [0.15, 0.2) is 0 Å². The third-order valence-corrected chi connectivity index (χ3v) is 3.82. The highest BCUT2D eigenvalue weighted by Crippen LogP contribution is 2.22. The molecule has 0 unspecified atom stereocenters. The van der Waals surface area contributed by atoms with Crippen molar-refractivity contribution in [3.8, 4) is 0 Å². The highest BCUT2D eigenvalue weighted by Gasteiger charge is 2.20. The summed E-state index contributed by atoms with van der Waals surface area (Å²) < 4.78 is 0. The molecule has 0 atom stereocenters. The number of hydrogen-bond acceptors (Lipinski definition) is 3. The predicted molar refractivity (Wildman–Crippen MR) is 82.5 cm³/mol. The number of rotatable bonds is 2. The van der Waals surface area contributed by atoms with Crippen LogP contribution < -0.4 is 5.32 Å². The van der Waals surface area contributed by atoms with Crippen molar-refractivity contribution < 1.29 is 4.79 Å². The molecule has 0 bridgehead atoms. The van der Waals surface area contributed by atoms with E-state index >= 15 is 0 Å². The molecule has 0 saturated heterocycles. The van der Waals surface area contributed by atoms with Crippen LogP contribution in [0.4, 0.5) is 5.69 Å². The van der Waals surface area contributed by atoms with Crippen molar-refractivity contribution in [2.45, 2.75) is 39.5 Å². The van der Waals surface area contributed by atoms with Crippen LogP contribution in [0.2, 0.25) is 0 Å². The summed E-state index contributed by atoms with van der Waals surface area (Å²) >= 11 is 0. The van der Waals surface area contributed by atoms with Gasteiger partial charge in [0.25, 0.3) is 5.91 Å². The summed E-state index contributed by atoms with van der Waals surface area (Å²) in [5.41, 5.74) is 5.66. The lowest BCUT2D eigenvalue weighted by atomic mass is 9.94. The molecular weight excluding hydrogens is 262 g/mol. The van der Waals surface area contributed by atoms with Crippen molar-refractivity contribution >= 4 is 11.6 Å². The van der Waals surface area contributed by atoms with E-state index in [1.54, 1.807) is 0 Å². The molecule has 1 amide bonds. The molecule has 4 heteroatoms. The summed E-state index contributed by atoms with van der Waals surface area (Å²) in [6.45, 7) is 4.05. The smallest absolute Gasteiger partial charge is 0.274 e. The zero-order chi connectivity index (χ0) is 14.8. The Labute approximate surface area is 124 Å². The number of nitrogens with one attached hydrogen (secondary N) is 1. The highest BCUT2D eigenvalue weighted by atomic mass is 16.1. The van der Waals surface area contributed by atoms with E-state index in [-0.39, 0.29) is 5.91 Å². The molecular formula is C17H19N3O. The van der Waals surface area contributed by atoms with E-state index in [4.69, 9.17) is 0 Å². The Morgan fingerprint density at radius 1 is 1.05 bits per heavy atom. The second-order valence-corrected chi connectivity index (χ2v) is 5.69. The van der Waals surface area contributed by atoms with Gasteiger partial charge < -0.3 is 5.32 Å². The monoisotopic (exact) mass is 281 g/mol. The van der Waals surface area contributed by atoms with E-state index in [9.17, 15) is 4.79 Å². The number of carbonyl (C=O) groups excluding carboxylic acids is 1. The molecule has 1 aliphatic rings. The van der Waals surface area contributed by atoms with Crippen LogP contribution in [0.5, 0.6) is 0 Å². The minimum atomic E-state index is -0.138. The maximum atomic E-state index is 12.5. The van der Waals surface area contributed by atoms with Gasteiger partial charge in [-0.05, 0) is 62.8 Å². The summed E-state index contributed by atoms with van der Waals surface area (Å²) in [7, 11) is 0. The fourth-order valence-corrected chi connectivity index (χ4v) is 2.95. The van der Waals surface area contributed by atoms with Gasteiger partial charge in [-0.25, -0.2) is 9.97 Å². The lowest BCUT2D eigenvalue weighted by Gasteiger charge is -2.17. The molecule has 0 spiro atoms. The van der Waals surface area contributed by atoms with E-state index in [2.05, 4.69) is 21.4 Å². The first-order valence-electron chi connectivity index (χ1n) is 7.36. The second-order valence-electron chi connectivity index (χ2n) is 5.69. The molecule has 1 N–H and O–H groups in total. The molecule has 1 aromatic heterocycles. The number of hydrogen-bond donors (Lipinski definition) is 1. The van der Waals surface area contributed by atoms with Gasteiger partial charge in [-0.15, -0.1) is 0 Å². The van der Waals surface area contributed by atoms with Gasteiger partial charge in [-0.1, -0.05) is 6.07 Å². The Morgan fingerprint density at radius 2 is 1.76 bits per heavy atom. The first-order chi connectivity index (χ1) is 10.1. The largest absolute Gasteiger partial charge is 0.321 e. The molecule has 0 aliphatic heterocycles. The first kappa shape index (κ1) is 13.7. The maximum absolute atomic E-state index is 12.5. The van der Waals surface area contributed by atoms with E-state index in [0.717, 1.165) is 53.8 Å². The van der Waals surface area contributed by atoms with Crippen molar-refractivity contribution in [3.05, 3.63) is 52.6 Å². The number of aryl methyl sites for hydroxylation is 3. The van der Waals surface area contributed by atoms with Crippen LogP contribution in [0.15, 0.2) is 24.5 Å². The SMILES string of the molecule is Cc1cc(C)cc(NC(=O)c2ncnc3c2CCCC3)c1. The van der Waals surface area contributed by atoms with Crippen molar-refractivity contribution in [1.82, 2.24) is 9.97 Å². The maximum Gasteiger partial charge on any atom is 0.274 e. The van der Waals surface area contributed by atoms with E-state index < -0.39 is 0 Å². The third-order valence-electron chi connectivity index (χ3n) is 3.82. The average Bonchev–Trinajstić information content (AvgIpc) is 2.45. The topological polar surface area (TPSA) is 54.9 Å². The molecule has 2 aromatic rings. The standard InChI is InChI=1S/C17H19N3O/c1-11-7-12(2)9-13(8-11)20-17(21)16-14-5-3-4-6-15(14)18-10-19-16/h7-10H,3-6H2,1-2H3,(H,20,21). The minimum absolute atomic E-state index is 0.138. The average molecular weight is 281 g/mol. The molecule has 1 heterocycles. The van der Waals surface area contributed by atoms with E-state index in [0.29, 0.717) is 5.69 Å². The van der Waals surface area contributed by atoms with Crippen LogP contribution in [-0.4, -0.2) is 15.9 Å². The van der Waals surface area contributed by atoms with Gasteiger partial charge in [0.2, 0.25) is 0 Å². The predicted octanol–water partition coefficient (Wildman–Crippen LogP) is 3.22. The minimum Gasteiger partial charge on any atom is -0.321 e. The lowest BCUT2D eigenvalue weighted by Crippen LogP contribution is -2.20. The van der Waals surface area contributed by atoms with Gasteiger partial charge in [0.05, 0.1) is 0 Å². The normalized spacial score (nSPS) is 13.6. The number of amides is 1. The Balaban J connectivity index is 1.89. The van der Waals surface area contributed by atoms with Crippen LogP contribution in [0.3, 0.4) is 0 Å². The van der Waals surface area contributed by atoms with Crippen molar-refractivity contribution in [2.75, 3.05) is 5.32 Å². The van der Waals surface area contributed by atoms with Crippen LogP contribution in [0.25, 0.3) is 0 Å². The number of aromatic nitrogens is 2. The number of benzene rings is 1. The molecule has 1 aliphatic carbocycles. The van der Waals surface area contributed by atoms with E-state index in [1.165, 1.54) is 6.33 Å². The van der Waals surface area contributed by atoms with Crippen molar-refractivity contribution in [2.24, 2.45) is 0 Å². The van der Waals surface area contributed by atoms with Gasteiger partial charge in [-0.2, -0.15) is 0 Å². The summed E-state index contributed by atoms with van der Waals surface area (Å²) in [6.07, 6.45) is 5.58. The molecule has 0 fully saturated rings. The Hall–Kier alpha value is -2.23. The molecule has 0 radical (unpaired) electrons. The molecule has 21 heavy (non-hydrogen) atoms.